The average Bonchev–Trinajstić information content (AvgIpc) is 3.13. The maximum Gasteiger partial charge on any atom is 0.333 e. The molecular formula is C16H19N5O4. The predicted molar refractivity (Wildman–Crippen MR) is 89.8 cm³/mol. The molecule has 132 valence electrons. The molecule has 3 heterocycles. The second-order valence-electron chi connectivity index (χ2n) is 6.14. The van der Waals surface area contributed by atoms with E-state index in [0.29, 0.717) is 5.69 Å². The van der Waals surface area contributed by atoms with Crippen LogP contribution in [0.4, 0.5) is 10.5 Å². The van der Waals surface area contributed by atoms with Gasteiger partial charge < -0.3 is 4.90 Å². The molecule has 2 aliphatic rings. The van der Waals surface area contributed by atoms with E-state index >= 15 is 0 Å². The number of barbiturate groups is 1. The molecule has 0 N–H and O–H groups in total. The minimum atomic E-state index is -0.723. The van der Waals surface area contributed by atoms with Crippen molar-refractivity contribution in [2.75, 3.05) is 32.1 Å². The third kappa shape index (κ3) is 2.71. The molecule has 25 heavy (non-hydrogen) atoms. The summed E-state index contributed by atoms with van der Waals surface area (Å²) in [6.07, 6.45) is 4.85. The lowest BCUT2D eigenvalue weighted by molar-refractivity contribution is -0.134. The molecule has 0 atom stereocenters. The second-order valence-corrected chi connectivity index (χ2v) is 6.14. The van der Waals surface area contributed by atoms with E-state index in [1.165, 1.54) is 27.2 Å². The topological polar surface area (TPSA) is 95.8 Å². The third-order valence-electron chi connectivity index (χ3n) is 4.53. The molecule has 0 spiro atoms. The van der Waals surface area contributed by atoms with Crippen molar-refractivity contribution in [3.63, 3.8) is 0 Å². The molecular weight excluding hydrogens is 326 g/mol. The minimum absolute atomic E-state index is 0.214. The SMILES string of the molecule is CN1C(=O)C(=Cc2c(N3CCCC3)cnn(C)c2=O)C(=O)N(C)C1=O. The molecule has 3 rings (SSSR count). The molecule has 0 aliphatic carbocycles. The zero-order valence-corrected chi connectivity index (χ0v) is 14.4. The maximum absolute atomic E-state index is 12.6. The Kier molecular flexibility index (Phi) is 4.15. The van der Waals surface area contributed by atoms with Crippen LogP contribution in [-0.2, 0) is 16.6 Å². The van der Waals surface area contributed by atoms with E-state index in [9.17, 15) is 19.2 Å². The highest BCUT2D eigenvalue weighted by molar-refractivity contribution is 6.30. The molecule has 2 saturated heterocycles. The summed E-state index contributed by atoms with van der Waals surface area (Å²) in [7, 11) is 4.10. The number of anilines is 1. The van der Waals surface area contributed by atoms with Gasteiger partial charge in [-0.15, -0.1) is 0 Å². The number of carbonyl (C=O) groups is 3. The Morgan fingerprint density at radius 3 is 2.08 bits per heavy atom. The summed E-state index contributed by atoms with van der Waals surface area (Å²) in [5.74, 6) is -1.45. The highest BCUT2D eigenvalue weighted by atomic mass is 16.2. The van der Waals surface area contributed by atoms with Gasteiger partial charge in [0.05, 0.1) is 17.4 Å². The number of likely N-dealkylation sites (N-methyl/N-ethyl adjacent to an activating group) is 2. The van der Waals surface area contributed by atoms with Gasteiger partial charge in [-0.2, -0.15) is 5.10 Å². The first-order valence-electron chi connectivity index (χ1n) is 7.96. The van der Waals surface area contributed by atoms with Crippen LogP contribution in [0.5, 0.6) is 0 Å². The minimum Gasteiger partial charge on any atom is -0.370 e. The van der Waals surface area contributed by atoms with Crippen LogP contribution in [0, 0.1) is 0 Å². The van der Waals surface area contributed by atoms with Gasteiger partial charge in [0.25, 0.3) is 17.4 Å². The smallest absolute Gasteiger partial charge is 0.333 e. The zero-order chi connectivity index (χ0) is 18.3. The third-order valence-corrected chi connectivity index (χ3v) is 4.53. The van der Waals surface area contributed by atoms with Crippen molar-refractivity contribution in [3.05, 3.63) is 27.7 Å². The first-order valence-corrected chi connectivity index (χ1v) is 7.96. The van der Waals surface area contributed by atoms with Crippen LogP contribution in [0.2, 0.25) is 0 Å². The lowest BCUT2D eigenvalue weighted by Crippen LogP contribution is -2.53. The van der Waals surface area contributed by atoms with Gasteiger partial charge in [0.1, 0.15) is 5.57 Å². The van der Waals surface area contributed by atoms with Crippen molar-refractivity contribution >= 4 is 29.6 Å². The van der Waals surface area contributed by atoms with Gasteiger partial charge in [0, 0.05) is 34.2 Å². The number of urea groups is 1. The largest absolute Gasteiger partial charge is 0.370 e. The van der Waals surface area contributed by atoms with Gasteiger partial charge in [-0.05, 0) is 18.9 Å². The molecule has 0 radical (unpaired) electrons. The Balaban J connectivity index is 2.15. The molecule has 2 aliphatic heterocycles. The van der Waals surface area contributed by atoms with E-state index in [-0.39, 0.29) is 11.1 Å². The van der Waals surface area contributed by atoms with Crippen molar-refractivity contribution < 1.29 is 14.4 Å². The molecule has 1 aromatic heterocycles. The Morgan fingerprint density at radius 2 is 1.52 bits per heavy atom. The summed E-state index contributed by atoms with van der Waals surface area (Å²) >= 11 is 0. The van der Waals surface area contributed by atoms with Gasteiger partial charge in [-0.1, -0.05) is 0 Å². The van der Waals surface area contributed by atoms with E-state index < -0.39 is 23.4 Å². The normalized spacial score (nSPS) is 18.4. The number of rotatable bonds is 2. The highest BCUT2D eigenvalue weighted by Crippen LogP contribution is 2.25. The number of imide groups is 2. The van der Waals surface area contributed by atoms with Crippen LogP contribution in [0.3, 0.4) is 0 Å². The summed E-state index contributed by atoms with van der Waals surface area (Å²) in [5.41, 5.74) is 0.205. The van der Waals surface area contributed by atoms with E-state index in [0.717, 1.165) is 40.4 Å². The Labute approximate surface area is 144 Å². The van der Waals surface area contributed by atoms with E-state index in [4.69, 9.17) is 0 Å². The Hall–Kier alpha value is -2.97. The molecule has 0 bridgehead atoms. The zero-order valence-electron chi connectivity index (χ0n) is 14.4. The number of hydrogen-bond acceptors (Lipinski definition) is 6. The Morgan fingerprint density at radius 1 is 0.960 bits per heavy atom. The summed E-state index contributed by atoms with van der Waals surface area (Å²) in [6, 6.07) is -0.699. The van der Waals surface area contributed by atoms with Gasteiger partial charge in [0.2, 0.25) is 0 Å². The van der Waals surface area contributed by atoms with Crippen molar-refractivity contribution in [3.8, 4) is 0 Å². The number of nitrogens with zero attached hydrogens (tertiary/aromatic N) is 5. The first kappa shape index (κ1) is 16.9. The van der Waals surface area contributed by atoms with Crippen LogP contribution in [0.25, 0.3) is 6.08 Å². The number of aromatic nitrogens is 2. The van der Waals surface area contributed by atoms with Crippen LogP contribution < -0.4 is 10.5 Å². The highest BCUT2D eigenvalue weighted by Gasteiger charge is 2.38. The quantitative estimate of drug-likeness (QED) is 0.545. The molecule has 4 amide bonds. The molecule has 9 nitrogen and oxygen atoms in total. The van der Waals surface area contributed by atoms with Gasteiger partial charge >= 0.3 is 6.03 Å². The van der Waals surface area contributed by atoms with Crippen molar-refractivity contribution in [2.24, 2.45) is 7.05 Å². The van der Waals surface area contributed by atoms with Gasteiger partial charge in [-0.3, -0.25) is 24.2 Å². The molecule has 2 fully saturated rings. The van der Waals surface area contributed by atoms with Crippen LogP contribution in [0.15, 0.2) is 16.6 Å². The number of amides is 4. The summed E-state index contributed by atoms with van der Waals surface area (Å²) in [6.45, 7) is 1.57. The van der Waals surface area contributed by atoms with Crippen molar-refractivity contribution in [1.82, 2.24) is 19.6 Å². The first-order chi connectivity index (χ1) is 11.8. The molecule has 0 aromatic carbocycles. The lowest BCUT2D eigenvalue weighted by atomic mass is 10.1. The summed E-state index contributed by atoms with van der Waals surface area (Å²) < 4.78 is 1.16. The average molecular weight is 345 g/mol. The standard InChI is InChI=1S/C16H19N5O4/c1-18-13(22)11(14(23)19(2)16(18)25)8-10-12(21-6-4-5-7-21)9-17-20(3)15(10)24/h8-9H,4-7H2,1-3H3. The fraction of sp³-hybridized carbons (Fsp3) is 0.438. The second kappa shape index (κ2) is 6.15. The van der Waals surface area contributed by atoms with Gasteiger partial charge in [0.15, 0.2) is 0 Å². The van der Waals surface area contributed by atoms with Gasteiger partial charge in [-0.25, -0.2) is 9.48 Å². The van der Waals surface area contributed by atoms with Crippen LogP contribution >= 0.6 is 0 Å². The van der Waals surface area contributed by atoms with E-state index in [1.807, 2.05) is 4.90 Å². The fourth-order valence-corrected chi connectivity index (χ4v) is 3.01. The summed E-state index contributed by atoms with van der Waals surface area (Å²) in [4.78, 5) is 52.9. The predicted octanol–water partition coefficient (Wildman–Crippen LogP) is -0.186. The van der Waals surface area contributed by atoms with Crippen molar-refractivity contribution in [1.29, 1.82) is 0 Å². The molecule has 0 saturated carbocycles. The Bertz CT molecular complexity index is 825. The lowest BCUT2D eigenvalue weighted by Gasteiger charge is -2.29. The van der Waals surface area contributed by atoms with Crippen LogP contribution in [0.1, 0.15) is 18.4 Å². The molecule has 0 unspecified atom stereocenters. The molecule has 9 heteroatoms. The monoisotopic (exact) mass is 345 g/mol. The summed E-state index contributed by atoms with van der Waals surface area (Å²) in [5, 5.41) is 4.05. The van der Waals surface area contributed by atoms with Crippen molar-refractivity contribution in [2.45, 2.75) is 12.8 Å². The fourth-order valence-electron chi connectivity index (χ4n) is 3.01. The molecule has 1 aromatic rings. The van der Waals surface area contributed by atoms with E-state index in [2.05, 4.69) is 5.10 Å². The van der Waals surface area contributed by atoms with E-state index in [1.54, 1.807) is 6.20 Å². The number of carbonyl (C=O) groups excluding carboxylic acids is 3. The number of aryl methyl sites for hydroxylation is 1. The van der Waals surface area contributed by atoms with Crippen LogP contribution in [-0.4, -0.2) is 64.6 Å². The number of hydrogen-bond donors (Lipinski definition) is 0. The maximum atomic E-state index is 12.6.